The van der Waals surface area contributed by atoms with E-state index < -0.39 is 0 Å². The number of hydrogen-bond donors (Lipinski definition) is 1. The average Bonchev–Trinajstić information content (AvgIpc) is 2.84. The van der Waals surface area contributed by atoms with Crippen LogP contribution in [-0.4, -0.2) is 75.4 Å². The first-order valence-corrected chi connectivity index (χ1v) is 7.47. The number of nitrogens with one attached hydrogen (secondary N) is 1. The van der Waals surface area contributed by atoms with Crippen LogP contribution in [0.25, 0.3) is 0 Å². The van der Waals surface area contributed by atoms with Crippen LogP contribution in [0.4, 0.5) is 0 Å². The van der Waals surface area contributed by atoms with E-state index in [1.807, 2.05) is 0 Å². The van der Waals surface area contributed by atoms with Crippen LogP contribution in [0.1, 0.15) is 26.7 Å². The van der Waals surface area contributed by atoms with Crippen molar-refractivity contribution in [1.29, 1.82) is 0 Å². The van der Waals surface area contributed by atoms with E-state index in [2.05, 4.69) is 29.0 Å². The lowest BCUT2D eigenvalue weighted by Gasteiger charge is -2.26. The number of likely N-dealkylation sites (tertiary alicyclic amines) is 1. The van der Waals surface area contributed by atoms with Gasteiger partial charge in [-0.25, -0.2) is 0 Å². The van der Waals surface area contributed by atoms with Crippen molar-refractivity contribution in [2.45, 2.75) is 32.7 Å². The summed E-state index contributed by atoms with van der Waals surface area (Å²) >= 11 is 0. The van der Waals surface area contributed by atoms with Gasteiger partial charge in [-0.05, 0) is 39.0 Å². The molecule has 1 saturated heterocycles. The molecule has 1 rings (SSSR count). The van der Waals surface area contributed by atoms with E-state index in [1.54, 1.807) is 7.11 Å². The number of nitrogens with zero attached hydrogens (tertiary/aromatic N) is 2. The summed E-state index contributed by atoms with van der Waals surface area (Å²) < 4.78 is 5.03. The smallest absolute Gasteiger partial charge is 0.0474 e. The highest BCUT2D eigenvalue weighted by atomic mass is 16.5. The van der Waals surface area contributed by atoms with Crippen molar-refractivity contribution >= 4 is 0 Å². The van der Waals surface area contributed by atoms with Crippen molar-refractivity contribution < 1.29 is 4.74 Å². The zero-order valence-corrected chi connectivity index (χ0v) is 12.5. The first-order chi connectivity index (χ1) is 8.81. The molecule has 1 unspecified atom stereocenters. The monoisotopic (exact) mass is 257 g/mol. The molecular formula is C14H31N3O. The van der Waals surface area contributed by atoms with Gasteiger partial charge in [-0.15, -0.1) is 0 Å². The molecule has 1 aliphatic heterocycles. The summed E-state index contributed by atoms with van der Waals surface area (Å²) in [5.74, 6) is 0. The topological polar surface area (TPSA) is 27.7 Å². The first-order valence-electron chi connectivity index (χ1n) is 7.47. The Hall–Kier alpha value is -0.160. The van der Waals surface area contributed by atoms with Crippen LogP contribution in [-0.2, 0) is 4.74 Å². The van der Waals surface area contributed by atoms with E-state index in [4.69, 9.17) is 4.74 Å². The normalized spacial score (nSPS) is 21.0. The molecule has 1 heterocycles. The van der Waals surface area contributed by atoms with Crippen molar-refractivity contribution in [3.63, 3.8) is 0 Å². The van der Waals surface area contributed by atoms with E-state index in [1.165, 1.54) is 39.1 Å². The lowest BCUT2D eigenvalue weighted by Crippen LogP contribution is -2.38. The minimum atomic E-state index is 0.786. The second-order valence-corrected chi connectivity index (χ2v) is 5.06. The molecule has 0 amide bonds. The van der Waals surface area contributed by atoms with E-state index in [-0.39, 0.29) is 0 Å². The highest BCUT2D eigenvalue weighted by Crippen LogP contribution is 2.14. The number of ether oxygens (including phenoxy) is 1. The van der Waals surface area contributed by atoms with Gasteiger partial charge in [0.2, 0.25) is 0 Å². The molecule has 4 heteroatoms. The van der Waals surface area contributed by atoms with Gasteiger partial charge in [0.05, 0.1) is 0 Å². The molecule has 0 aromatic heterocycles. The maximum Gasteiger partial charge on any atom is 0.0474 e. The Morgan fingerprint density at radius 2 is 2.06 bits per heavy atom. The second-order valence-electron chi connectivity index (χ2n) is 5.06. The molecule has 0 aromatic rings. The zero-order valence-electron chi connectivity index (χ0n) is 12.5. The molecule has 1 atom stereocenters. The van der Waals surface area contributed by atoms with Gasteiger partial charge in [0.15, 0.2) is 0 Å². The Balaban J connectivity index is 2.04. The molecular weight excluding hydrogens is 226 g/mol. The first kappa shape index (κ1) is 15.9. The maximum absolute atomic E-state index is 5.03. The fraction of sp³-hybridized carbons (Fsp3) is 1.00. The van der Waals surface area contributed by atoms with Crippen LogP contribution in [0, 0.1) is 0 Å². The summed E-state index contributed by atoms with van der Waals surface area (Å²) in [6, 6.07) is 0.786. The van der Waals surface area contributed by atoms with Crippen LogP contribution in [0.5, 0.6) is 0 Å². The molecule has 0 saturated carbocycles. The lowest BCUT2D eigenvalue weighted by molar-refractivity contribution is 0.193. The summed E-state index contributed by atoms with van der Waals surface area (Å²) in [7, 11) is 1.76. The van der Waals surface area contributed by atoms with Crippen molar-refractivity contribution in [3.05, 3.63) is 0 Å². The molecule has 18 heavy (non-hydrogen) atoms. The summed E-state index contributed by atoms with van der Waals surface area (Å²) in [5.41, 5.74) is 0. The molecule has 108 valence electrons. The van der Waals surface area contributed by atoms with Crippen LogP contribution in [0.2, 0.25) is 0 Å². The molecule has 0 spiro atoms. The van der Waals surface area contributed by atoms with Gasteiger partial charge >= 0.3 is 0 Å². The molecule has 0 bridgehead atoms. The lowest BCUT2D eigenvalue weighted by atomic mass is 10.2. The highest BCUT2D eigenvalue weighted by Gasteiger charge is 2.25. The van der Waals surface area contributed by atoms with Gasteiger partial charge in [0.25, 0.3) is 0 Å². The Morgan fingerprint density at radius 1 is 1.28 bits per heavy atom. The summed E-state index contributed by atoms with van der Waals surface area (Å²) in [5, 5.41) is 3.48. The van der Waals surface area contributed by atoms with Gasteiger partial charge in [-0.3, -0.25) is 4.90 Å². The minimum absolute atomic E-state index is 0.786. The molecule has 0 aliphatic carbocycles. The third-order valence-corrected chi connectivity index (χ3v) is 3.88. The average molecular weight is 257 g/mol. The maximum atomic E-state index is 5.03. The largest absolute Gasteiger partial charge is 0.385 e. The van der Waals surface area contributed by atoms with Gasteiger partial charge in [-0.2, -0.15) is 0 Å². The summed E-state index contributed by atoms with van der Waals surface area (Å²) in [6.07, 6.45) is 2.45. The van der Waals surface area contributed by atoms with Crippen molar-refractivity contribution in [1.82, 2.24) is 15.1 Å². The third-order valence-electron chi connectivity index (χ3n) is 3.88. The van der Waals surface area contributed by atoms with Crippen molar-refractivity contribution in [2.24, 2.45) is 0 Å². The highest BCUT2D eigenvalue weighted by molar-refractivity contribution is 4.82. The molecule has 0 aromatic carbocycles. The standard InChI is InChI=1S/C14H31N3O/c1-4-17(5-2)14-7-10-16(13-14)11-9-15-8-6-12-18-3/h14-15H,4-13H2,1-3H3. The van der Waals surface area contributed by atoms with E-state index in [0.29, 0.717) is 0 Å². The molecule has 1 fully saturated rings. The zero-order chi connectivity index (χ0) is 13.2. The van der Waals surface area contributed by atoms with E-state index >= 15 is 0 Å². The fourth-order valence-corrected chi connectivity index (χ4v) is 2.76. The minimum Gasteiger partial charge on any atom is -0.385 e. The Bertz CT molecular complexity index is 197. The molecule has 1 N–H and O–H groups in total. The van der Waals surface area contributed by atoms with Crippen LogP contribution in [0.15, 0.2) is 0 Å². The Morgan fingerprint density at radius 3 is 2.72 bits per heavy atom. The fourth-order valence-electron chi connectivity index (χ4n) is 2.76. The third kappa shape index (κ3) is 5.65. The number of hydrogen-bond acceptors (Lipinski definition) is 4. The SMILES string of the molecule is CCN(CC)C1CCN(CCNCCCOC)C1. The van der Waals surface area contributed by atoms with E-state index in [0.717, 1.165) is 32.2 Å². The number of methoxy groups -OCH3 is 1. The van der Waals surface area contributed by atoms with Crippen LogP contribution >= 0.6 is 0 Å². The predicted octanol–water partition coefficient (Wildman–Crippen LogP) is 1.03. The Kier molecular flexibility index (Phi) is 8.59. The van der Waals surface area contributed by atoms with Gasteiger partial charge in [0.1, 0.15) is 0 Å². The van der Waals surface area contributed by atoms with Crippen LogP contribution in [0.3, 0.4) is 0 Å². The van der Waals surface area contributed by atoms with Gasteiger partial charge < -0.3 is 15.0 Å². The van der Waals surface area contributed by atoms with Crippen LogP contribution < -0.4 is 5.32 Å². The van der Waals surface area contributed by atoms with E-state index in [9.17, 15) is 0 Å². The number of rotatable bonds is 10. The van der Waals surface area contributed by atoms with Crippen molar-refractivity contribution in [3.8, 4) is 0 Å². The van der Waals surface area contributed by atoms with Gasteiger partial charge in [-0.1, -0.05) is 13.8 Å². The Labute approximate surface area is 113 Å². The molecule has 4 nitrogen and oxygen atoms in total. The molecule has 0 radical (unpaired) electrons. The number of likely N-dealkylation sites (N-methyl/N-ethyl adjacent to an activating group) is 1. The van der Waals surface area contributed by atoms with Crippen molar-refractivity contribution in [2.75, 3.05) is 59.5 Å². The molecule has 1 aliphatic rings. The van der Waals surface area contributed by atoms with Gasteiger partial charge in [0, 0.05) is 39.4 Å². The second kappa shape index (κ2) is 9.73. The summed E-state index contributed by atoms with van der Waals surface area (Å²) in [6.45, 7) is 13.6. The summed E-state index contributed by atoms with van der Waals surface area (Å²) in [4.78, 5) is 5.18. The predicted molar refractivity (Wildman–Crippen MR) is 77.1 cm³/mol. The quantitative estimate of drug-likeness (QED) is 0.592.